The molecule has 2 heterocycles. The Balaban J connectivity index is 1.76. The maximum absolute atomic E-state index is 12.6. The summed E-state index contributed by atoms with van der Waals surface area (Å²) in [6, 6.07) is 4.62. The molecule has 122 valence electrons. The number of anilines is 1. The molecule has 8 heteroatoms. The number of fused-ring (bicyclic) bond motifs is 1. The van der Waals surface area contributed by atoms with E-state index in [1.165, 1.54) is 23.5 Å². The van der Waals surface area contributed by atoms with Gasteiger partial charge in [-0.15, -0.1) is 11.3 Å². The molecule has 1 aromatic carbocycles. The highest BCUT2D eigenvalue weighted by molar-refractivity contribution is 7.13. The lowest BCUT2D eigenvalue weighted by molar-refractivity contribution is -0.384. The van der Waals surface area contributed by atoms with Crippen LogP contribution in [0.25, 0.3) is 10.9 Å². The summed E-state index contributed by atoms with van der Waals surface area (Å²) in [5.41, 5.74) is 1.26. The van der Waals surface area contributed by atoms with Gasteiger partial charge in [0, 0.05) is 41.8 Å². The van der Waals surface area contributed by atoms with Gasteiger partial charge in [-0.05, 0) is 24.8 Å². The number of non-ortho nitro benzene ring substituents is 1. The standard InChI is InChI=1S/C16H14N4O3S/c21-15(18-16-17-5-6-24-16)13-9-19(8-10-1-2-10)14-7-11(20(22)23)3-4-12(13)14/h3-7,9-10H,1-2,8H2,(H,17,18,21). The van der Waals surface area contributed by atoms with Gasteiger partial charge in [0.25, 0.3) is 11.6 Å². The molecule has 0 unspecified atom stereocenters. The number of nitrogens with one attached hydrogen (secondary N) is 1. The van der Waals surface area contributed by atoms with E-state index in [0.29, 0.717) is 16.6 Å². The summed E-state index contributed by atoms with van der Waals surface area (Å²) in [6.07, 6.45) is 5.74. The number of hydrogen-bond acceptors (Lipinski definition) is 5. The fourth-order valence-electron chi connectivity index (χ4n) is 2.75. The van der Waals surface area contributed by atoms with Crippen LogP contribution in [0.2, 0.25) is 0 Å². The predicted octanol–water partition coefficient (Wildman–Crippen LogP) is 3.67. The Bertz CT molecular complexity index is 928. The lowest BCUT2D eigenvalue weighted by atomic mass is 10.1. The summed E-state index contributed by atoms with van der Waals surface area (Å²) in [5.74, 6) is 0.341. The Morgan fingerprint density at radius 3 is 2.96 bits per heavy atom. The van der Waals surface area contributed by atoms with Gasteiger partial charge in [-0.25, -0.2) is 4.98 Å². The van der Waals surface area contributed by atoms with Gasteiger partial charge in [0.05, 0.1) is 16.0 Å². The fourth-order valence-corrected chi connectivity index (χ4v) is 3.28. The lowest BCUT2D eigenvalue weighted by Crippen LogP contribution is -2.11. The second kappa shape index (κ2) is 5.72. The largest absolute Gasteiger partial charge is 0.346 e. The number of nitro groups is 1. The highest BCUT2D eigenvalue weighted by Crippen LogP contribution is 2.34. The van der Waals surface area contributed by atoms with Crippen molar-refractivity contribution in [2.24, 2.45) is 5.92 Å². The number of benzene rings is 1. The second-order valence-corrected chi connectivity index (χ2v) is 6.78. The molecule has 24 heavy (non-hydrogen) atoms. The number of aromatic nitrogens is 2. The van der Waals surface area contributed by atoms with E-state index in [1.807, 2.05) is 4.57 Å². The minimum absolute atomic E-state index is 0.0320. The molecule has 0 aliphatic heterocycles. The number of carbonyl (C=O) groups excluding carboxylic acids is 1. The van der Waals surface area contributed by atoms with Gasteiger partial charge in [-0.2, -0.15) is 0 Å². The van der Waals surface area contributed by atoms with Gasteiger partial charge in [0.1, 0.15) is 0 Å². The molecule has 1 fully saturated rings. The zero-order valence-electron chi connectivity index (χ0n) is 12.6. The Hall–Kier alpha value is -2.74. The van der Waals surface area contributed by atoms with Crippen molar-refractivity contribution in [1.29, 1.82) is 0 Å². The molecule has 2 aromatic heterocycles. The third-order valence-corrected chi connectivity index (χ3v) is 4.81. The molecule has 0 bridgehead atoms. The van der Waals surface area contributed by atoms with Crippen molar-refractivity contribution >= 4 is 39.0 Å². The summed E-state index contributed by atoms with van der Waals surface area (Å²) in [6.45, 7) is 0.780. The summed E-state index contributed by atoms with van der Waals surface area (Å²) >= 11 is 1.35. The number of nitrogens with zero attached hydrogens (tertiary/aromatic N) is 3. The number of thiazole rings is 1. The quantitative estimate of drug-likeness (QED) is 0.566. The van der Waals surface area contributed by atoms with Gasteiger partial charge in [-0.1, -0.05) is 0 Å². The molecule has 7 nitrogen and oxygen atoms in total. The number of rotatable bonds is 5. The maximum Gasteiger partial charge on any atom is 0.271 e. The maximum atomic E-state index is 12.6. The molecular formula is C16H14N4O3S. The molecule has 4 rings (SSSR count). The van der Waals surface area contributed by atoms with Crippen LogP contribution < -0.4 is 5.32 Å². The Morgan fingerprint density at radius 1 is 1.46 bits per heavy atom. The van der Waals surface area contributed by atoms with E-state index in [0.717, 1.165) is 30.3 Å². The number of hydrogen-bond donors (Lipinski definition) is 1. The topological polar surface area (TPSA) is 90.1 Å². The van der Waals surface area contributed by atoms with Crippen LogP contribution in [-0.2, 0) is 6.54 Å². The number of nitro benzene ring substituents is 1. The molecule has 1 amide bonds. The zero-order chi connectivity index (χ0) is 16.7. The highest BCUT2D eigenvalue weighted by Gasteiger charge is 2.25. The van der Waals surface area contributed by atoms with Crippen LogP contribution in [0.3, 0.4) is 0 Å². The van der Waals surface area contributed by atoms with Crippen LogP contribution in [0.1, 0.15) is 23.2 Å². The van der Waals surface area contributed by atoms with E-state index < -0.39 is 4.92 Å². The summed E-state index contributed by atoms with van der Waals surface area (Å²) in [4.78, 5) is 27.3. The van der Waals surface area contributed by atoms with Crippen molar-refractivity contribution < 1.29 is 9.72 Å². The van der Waals surface area contributed by atoms with E-state index in [2.05, 4.69) is 10.3 Å². The number of amides is 1. The van der Waals surface area contributed by atoms with Crippen LogP contribution in [0, 0.1) is 16.0 Å². The van der Waals surface area contributed by atoms with Crippen molar-refractivity contribution in [2.45, 2.75) is 19.4 Å². The SMILES string of the molecule is O=C(Nc1nccs1)c1cn(CC2CC2)c2cc([N+](=O)[O-])ccc12. The molecule has 1 N–H and O–H groups in total. The average molecular weight is 342 g/mol. The first kappa shape index (κ1) is 14.8. The van der Waals surface area contributed by atoms with Crippen molar-refractivity contribution in [1.82, 2.24) is 9.55 Å². The third-order valence-electron chi connectivity index (χ3n) is 4.13. The molecule has 1 saturated carbocycles. The van der Waals surface area contributed by atoms with E-state index in [4.69, 9.17) is 0 Å². The van der Waals surface area contributed by atoms with E-state index in [-0.39, 0.29) is 11.6 Å². The second-order valence-electron chi connectivity index (χ2n) is 5.89. The molecule has 1 aliphatic rings. The van der Waals surface area contributed by atoms with Crippen molar-refractivity contribution in [3.8, 4) is 0 Å². The first-order valence-corrected chi connectivity index (χ1v) is 8.48. The third kappa shape index (κ3) is 2.76. The molecule has 0 saturated heterocycles. The minimum atomic E-state index is -0.413. The Labute approximate surface area is 141 Å². The smallest absolute Gasteiger partial charge is 0.271 e. The van der Waals surface area contributed by atoms with Crippen LogP contribution in [0.15, 0.2) is 36.0 Å². The first-order valence-electron chi connectivity index (χ1n) is 7.60. The van der Waals surface area contributed by atoms with Crippen LogP contribution in [-0.4, -0.2) is 20.4 Å². The Kier molecular flexibility index (Phi) is 3.53. The van der Waals surface area contributed by atoms with Crippen LogP contribution in [0.5, 0.6) is 0 Å². The van der Waals surface area contributed by atoms with Crippen LogP contribution >= 0.6 is 11.3 Å². The van der Waals surface area contributed by atoms with Gasteiger partial charge < -0.3 is 4.57 Å². The van der Waals surface area contributed by atoms with Crippen LogP contribution in [0.4, 0.5) is 10.8 Å². The summed E-state index contributed by atoms with van der Waals surface area (Å²) < 4.78 is 1.96. The van der Waals surface area contributed by atoms with Crippen molar-refractivity contribution in [2.75, 3.05) is 5.32 Å². The monoisotopic (exact) mass is 342 g/mol. The van der Waals surface area contributed by atoms with Gasteiger partial charge in [0.2, 0.25) is 0 Å². The summed E-state index contributed by atoms with van der Waals surface area (Å²) in [7, 11) is 0. The highest BCUT2D eigenvalue weighted by atomic mass is 32.1. The molecule has 3 aromatic rings. The molecular weight excluding hydrogens is 328 g/mol. The molecule has 0 spiro atoms. The van der Waals surface area contributed by atoms with Gasteiger partial charge in [-0.3, -0.25) is 20.2 Å². The average Bonchev–Trinajstić information content (AvgIpc) is 3.09. The normalized spacial score (nSPS) is 14.0. The van der Waals surface area contributed by atoms with E-state index in [1.54, 1.807) is 23.8 Å². The summed E-state index contributed by atoms with van der Waals surface area (Å²) in [5, 5.41) is 16.9. The molecule has 1 aliphatic carbocycles. The predicted molar refractivity (Wildman–Crippen MR) is 91.4 cm³/mol. The zero-order valence-corrected chi connectivity index (χ0v) is 13.5. The first-order chi connectivity index (χ1) is 11.6. The van der Waals surface area contributed by atoms with Gasteiger partial charge in [0.15, 0.2) is 5.13 Å². The Morgan fingerprint density at radius 2 is 2.29 bits per heavy atom. The number of carbonyl (C=O) groups is 1. The lowest BCUT2D eigenvalue weighted by Gasteiger charge is -2.03. The molecule has 0 radical (unpaired) electrons. The van der Waals surface area contributed by atoms with Crippen molar-refractivity contribution in [3.05, 3.63) is 51.7 Å². The molecule has 0 atom stereocenters. The minimum Gasteiger partial charge on any atom is -0.346 e. The van der Waals surface area contributed by atoms with E-state index in [9.17, 15) is 14.9 Å². The van der Waals surface area contributed by atoms with E-state index >= 15 is 0 Å². The van der Waals surface area contributed by atoms with Gasteiger partial charge >= 0.3 is 0 Å². The van der Waals surface area contributed by atoms with Crippen molar-refractivity contribution in [3.63, 3.8) is 0 Å². The fraction of sp³-hybridized carbons (Fsp3) is 0.250.